The van der Waals surface area contributed by atoms with Gasteiger partial charge in [-0.05, 0) is 42.8 Å². The van der Waals surface area contributed by atoms with Crippen LogP contribution in [0.2, 0.25) is 0 Å². The summed E-state index contributed by atoms with van der Waals surface area (Å²) in [7, 11) is -1.59. The number of nitrogens with zero attached hydrogens (tertiary/aromatic N) is 2. The van der Waals surface area contributed by atoms with Gasteiger partial charge in [-0.2, -0.15) is 0 Å². The molecule has 0 unspecified atom stereocenters. The average Bonchev–Trinajstić information content (AvgIpc) is 2.90. The van der Waals surface area contributed by atoms with E-state index < -0.39 is 16.1 Å². The van der Waals surface area contributed by atoms with Crippen molar-refractivity contribution in [1.82, 2.24) is 9.80 Å². The summed E-state index contributed by atoms with van der Waals surface area (Å²) in [6, 6.07) is 23.2. The first-order valence-corrected chi connectivity index (χ1v) is 15.0. The van der Waals surface area contributed by atoms with Gasteiger partial charge in [0.25, 0.3) is 5.91 Å². The van der Waals surface area contributed by atoms with E-state index in [1.54, 1.807) is 30.0 Å². The lowest BCUT2D eigenvalue weighted by atomic mass is 9.98. The number of ether oxygens (including phenoxy) is 1. The van der Waals surface area contributed by atoms with Gasteiger partial charge in [-0.3, -0.25) is 14.4 Å². The molecule has 3 atom stereocenters. The number of hydrogen-bond donors (Lipinski definition) is 2. The third kappa shape index (κ3) is 7.17. The second-order valence-electron chi connectivity index (χ2n) is 10.4. The summed E-state index contributed by atoms with van der Waals surface area (Å²) in [5, 5.41) is 9.85. The van der Waals surface area contributed by atoms with Crippen LogP contribution in [-0.4, -0.2) is 74.4 Å². The summed E-state index contributed by atoms with van der Waals surface area (Å²) in [4.78, 5) is 17.3. The van der Waals surface area contributed by atoms with Crippen LogP contribution in [0.3, 0.4) is 0 Å². The smallest absolute Gasteiger partial charge is 0.258 e. The Kier molecular flexibility index (Phi) is 8.94. The second-order valence-corrected chi connectivity index (χ2v) is 12.2. The molecule has 4 rings (SSSR count). The summed E-state index contributed by atoms with van der Waals surface area (Å²) in [5.41, 5.74) is 3.96. The number of likely N-dealkylation sites (N-methyl/N-ethyl adjacent to an activating group) is 1. The number of aliphatic hydroxyl groups is 1. The highest BCUT2D eigenvalue weighted by Gasteiger charge is 2.34. The predicted octanol–water partition coefficient (Wildman–Crippen LogP) is 4.08. The number of aliphatic hydroxyl groups excluding tert-OH is 1. The number of benzene rings is 3. The van der Waals surface area contributed by atoms with E-state index in [9.17, 15) is 18.3 Å². The molecule has 1 heterocycles. The number of para-hydroxylation sites is 1. The van der Waals surface area contributed by atoms with Gasteiger partial charge in [0.2, 0.25) is 10.0 Å². The van der Waals surface area contributed by atoms with Gasteiger partial charge < -0.3 is 14.7 Å². The minimum atomic E-state index is -3.61. The Bertz CT molecular complexity index is 1380. The lowest BCUT2D eigenvalue weighted by Crippen LogP contribution is -2.49. The zero-order valence-corrected chi connectivity index (χ0v) is 23.7. The first-order chi connectivity index (χ1) is 18.6. The fourth-order valence-corrected chi connectivity index (χ4v) is 5.42. The molecular weight excluding hydrogens is 514 g/mol. The number of nitrogens with one attached hydrogen (secondary N) is 1. The maximum atomic E-state index is 13.5. The van der Waals surface area contributed by atoms with Crippen molar-refractivity contribution >= 4 is 21.6 Å². The molecule has 0 bridgehead atoms. The monoisotopic (exact) mass is 551 g/mol. The van der Waals surface area contributed by atoms with Crippen molar-refractivity contribution in [3.63, 3.8) is 0 Å². The summed E-state index contributed by atoms with van der Waals surface area (Å²) >= 11 is 0. The Morgan fingerprint density at radius 1 is 1.05 bits per heavy atom. The van der Waals surface area contributed by atoms with Crippen LogP contribution in [0.4, 0.5) is 5.69 Å². The van der Waals surface area contributed by atoms with Crippen LogP contribution < -0.4 is 9.46 Å². The van der Waals surface area contributed by atoms with E-state index in [4.69, 9.17) is 4.74 Å². The zero-order chi connectivity index (χ0) is 28.2. The van der Waals surface area contributed by atoms with Crippen LogP contribution in [0.15, 0.2) is 72.8 Å². The summed E-state index contributed by atoms with van der Waals surface area (Å²) < 4.78 is 33.1. The van der Waals surface area contributed by atoms with E-state index in [0.717, 1.165) is 17.4 Å². The summed E-state index contributed by atoms with van der Waals surface area (Å²) in [6.45, 7) is 5.26. The average molecular weight is 552 g/mol. The van der Waals surface area contributed by atoms with Gasteiger partial charge >= 0.3 is 0 Å². The molecule has 0 saturated heterocycles. The largest absolute Gasteiger partial charge is 0.486 e. The van der Waals surface area contributed by atoms with Crippen molar-refractivity contribution in [3.05, 3.63) is 83.9 Å². The van der Waals surface area contributed by atoms with Crippen LogP contribution in [0.5, 0.6) is 5.75 Å². The standard InChI is InChI=1S/C30H37N3O5S/c1-21-17-33(22(2)20-34)30(35)26-11-8-12-27(31-39(4,36)37)29(26)38-28(21)19-32(3)18-23-13-15-25(16-14-23)24-9-6-5-7-10-24/h5-16,21-22,28,31,34H,17-20H2,1-4H3/t21-,22-,28+/m1/s1. The lowest BCUT2D eigenvalue weighted by molar-refractivity contribution is 0.0344. The molecule has 0 aromatic heterocycles. The van der Waals surface area contributed by atoms with Crippen molar-refractivity contribution in [3.8, 4) is 16.9 Å². The van der Waals surface area contributed by atoms with E-state index in [2.05, 4.69) is 46.0 Å². The molecule has 3 aromatic carbocycles. The SMILES string of the molecule is C[C@@H]1CN([C@H](C)CO)C(=O)c2cccc(NS(C)(=O)=O)c2O[C@H]1CN(C)Cc1ccc(-c2ccccc2)cc1. The summed E-state index contributed by atoms with van der Waals surface area (Å²) in [5.74, 6) is -0.189. The van der Waals surface area contributed by atoms with Crippen molar-refractivity contribution in [2.45, 2.75) is 32.5 Å². The van der Waals surface area contributed by atoms with Gasteiger partial charge in [-0.25, -0.2) is 8.42 Å². The van der Waals surface area contributed by atoms with E-state index in [0.29, 0.717) is 19.6 Å². The Morgan fingerprint density at radius 2 is 1.72 bits per heavy atom. The van der Waals surface area contributed by atoms with E-state index in [1.165, 1.54) is 5.56 Å². The lowest BCUT2D eigenvalue weighted by Gasteiger charge is -2.38. The quantitative estimate of drug-likeness (QED) is 0.416. The first kappa shape index (κ1) is 28.6. The maximum absolute atomic E-state index is 13.5. The van der Waals surface area contributed by atoms with Crippen molar-refractivity contribution in [1.29, 1.82) is 0 Å². The second kappa shape index (κ2) is 12.2. The molecule has 0 aliphatic carbocycles. The minimum Gasteiger partial charge on any atom is -0.486 e. The van der Waals surface area contributed by atoms with Crippen LogP contribution in [-0.2, 0) is 16.6 Å². The highest BCUT2D eigenvalue weighted by atomic mass is 32.2. The third-order valence-corrected chi connectivity index (χ3v) is 7.58. The van der Waals surface area contributed by atoms with Gasteiger partial charge in [-0.1, -0.05) is 67.6 Å². The van der Waals surface area contributed by atoms with Crippen molar-refractivity contribution < 1.29 is 23.1 Å². The Morgan fingerprint density at radius 3 is 2.36 bits per heavy atom. The van der Waals surface area contributed by atoms with Crippen LogP contribution in [0.1, 0.15) is 29.8 Å². The number of hydrogen-bond acceptors (Lipinski definition) is 6. The molecule has 0 radical (unpaired) electrons. The number of fused-ring (bicyclic) bond motifs is 1. The fraction of sp³-hybridized carbons (Fsp3) is 0.367. The molecule has 0 spiro atoms. The minimum absolute atomic E-state index is 0.0923. The highest BCUT2D eigenvalue weighted by molar-refractivity contribution is 7.92. The molecule has 3 aromatic rings. The van der Waals surface area contributed by atoms with E-state index >= 15 is 0 Å². The van der Waals surface area contributed by atoms with Gasteiger partial charge in [0.1, 0.15) is 6.10 Å². The van der Waals surface area contributed by atoms with E-state index in [1.807, 2.05) is 32.2 Å². The van der Waals surface area contributed by atoms with Crippen molar-refractivity contribution in [2.75, 3.05) is 37.7 Å². The van der Waals surface area contributed by atoms with Gasteiger partial charge in [0.15, 0.2) is 5.75 Å². The van der Waals surface area contributed by atoms with Gasteiger partial charge in [0, 0.05) is 25.6 Å². The predicted molar refractivity (Wildman–Crippen MR) is 154 cm³/mol. The normalized spacial score (nSPS) is 18.6. The molecule has 1 aliphatic heterocycles. The molecule has 8 nitrogen and oxygen atoms in total. The summed E-state index contributed by atoms with van der Waals surface area (Å²) in [6.07, 6.45) is 0.718. The topological polar surface area (TPSA) is 99.2 Å². The van der Waals surface area contributed by atoms with Gasteiger partial charge in [0.05, 0.1) is 30.2 Å². The Hall–Kier alpha value is -3.40. The van der Waals surface area contributed by atoms with E-state index in [-0.39, 0.29) is 41.5 Å². The molecule has 1 amide bonds. The zero-order valence-electron chi connectivity index (χ0n) is 22.9. The fourth-order valence-electron chi connectivity index (χ4n) is 4.86. The number of carbonyl (C=O) groups excluding carboxylic acids is 1. The molecule has 208 valence electrons. The van der Waals surface area contributed by atoms with Crippen LogP contribution >= 0.6 is 0 Å². The highest BCUT2D eigenvalue weighted by Crippen LogP contribution is 2.35. The Labute approximate surface area is 231 Å². The molecular formula is C30H37N3O5S. The number of sulfonamides is 1. The van der Waals surface area contributed by atoms with Crippen molar-refractivity contribution in [2.24, 2.45) is 5.92 Å². The van der Waals surface area contributed by atoms with Crippen LogP contribution in [0, 0.1) is 5.92 Å². The molecule has 9 heteroatoms. The number of amides is 1. The maximum Gasteiger partial charge on any atom is 0.258 e. The number of carbonyl (C=O) groups is 1. The van der Waals surface area contributed by atoms with Gasteiger partial charge in [-0.15, -0.1) is 0 Å². The third-order valence-electron chi connectivity index (χ3n) is 6.99. The number of anilines is 1. The molecule has 39 heavy (non-hydrogen) atoms. The Balaban J connectivity index is 1.58. The molecule has 1 aliphatic rings. The first-order valence-electron chi connectivity index (χ1n) is 13.1. The molecule has 2 N–H and O–H groups in total. The van der Waals surface area contributed by atoms with Crippen LogP contribution in [0.25, 0.3) is 11.1 Å². The molecule has 0 saturated carbocycles. The molecule has 0 fully saturated rings. The number of rotatable bonds is 9.